The number of benzene rings is 2. The molecule has 33 heavy (non-hydrogen) atoms. The molecule has 2 aromatic heterocycles. The second-order valence-corrected chi connectivity index (χ2v) is 8.49. The van der Waals surface area contributed by atoms with E-state index in [0.29, 0.717) is 13.1 Å². The van der Waals surface area contributed by atoms with Gasteiger partial charge in [0.1, 0.15) is 11.6 Å². The third-order valence-corrected chi connectivity index (χ3v) is 6.09. The van der Waals surface area contributed by atoms with Gasteiger partial charge in [-0.05, 0) is 37.6 Å². The molecule has 0 aliphatic carbocycles. The number of piperazine rings is 1. The van der Waals surface area contributed by atoms with E-state index >= 15 is 0 Å². The summed E-state index contributed by atoms with van der Waals surface area (Å²) in [5.41, 5.74) is 3.71. The first-order valence-corrected chi connectivity index (χ1v) is 11.5. The summed E-state index contributed by atoms with van der Waals surface area (Å²) in [6, 6.07) is 17.9. The second kappa shape index (κ2) is 9.02. The van der Waals surface area contributed by atoms with Crippen molar-refractivity contribution in [1.29, 1.82) is 0 Å². The van der Waals surface area contributed by atoms with Crippen molar-refractivity contribution in [2.45, 2.75) is 26.7 Å². The zero-order chi connectivity index (χ0) is 22.8. The minimum absolute atomic E-state index is 0.0889. The maximum absolute atomic E-state index is 12.9. The van der Waals surface area contributed by atoms with E-state index in [9.17, 15) is 4.79 Å². The van der Waals surface area contributed by atoms with E-state index in [1.54, 1.807) is 0 Å². The highest BCUT2D eigenvalue weighted by atomic mass is 16.2. The van der Waals surface area contributed by atoms with Crippen LogP contribution in [0.2, 0.25) is 0 Å². The van der Waals surface area contributed by atoms with E-state index in [1.165, 1.54) is 0 Å². The number of carbonyl (C=O) groups is 1. The highest BCUT2D eigenvalue weighted by Gasteiger charge is 2.25. The Bertz CT molecular complexity index is 1260. The summed E-state index contributed by atoms with van der Waals surface area (Å²) in [5.74, 6) is 1.83. The van der Waals surface area contributed by atoms with Crippen LogP contribution in [0.5, 0.6) is 0 Å². The predicted octanol–water partition coefficient (Wildman–Crippen LogP) is 4.04. The van der Waals surface area contributed by atoms with Crippen molar-refractivity contribution >= 4 is 22.8 Å². The minimum atomic E-state index is 0.0889. The van der Waals surface area contributed by atoms with Crippen LogP contribution in [0.15, 0.2) is 60.8 Å². The number of para-hydroxylation sites is 1. The smallest absolute Gasteiger partial charge is 0.253 e. The summed E-state index contributed by atoms with van der Waals surface area (Å²) >= 11 is 0. The quantitative estimate of drug-likeness (QED) is 0.469. The lowest BCUT2D eigenvalue weighted by atomic mass is 10.1. The molecule has 0 atom stereocenters. The van der Waals surface area contributed by atoms with Crippen LogP contribution in [-0.2, 0) is 6.42 Å². The Morgan fingerprint density at radius 3 is 2.36 bits per heavy atom. The summed E-state index contributed by atoms with van der Waals surface area (Å²) in [6.07, 6.45) is 3.65. The van der Waals surface area contributed by atoms with Gasteiger partial charge >= 0.3 is 0 Å². The number of hydrogen-bond donors (Lipinski definition) is 0. The highest BCUT2D eigenvalue weighted by Crippen LogP contribution is 2.27. The van der Waals surface area contributed by atoms with Gasteiger partial charge in [-0.25, -0.2) is 14.6 Å². The Kier molecular flexibility index (Phi) is 5.77. The molecule has 4 aromatic rings. The van der Waals surface area contributed by atoms with Crippen molar-refractivity contribution in [3.8, 4) is 5.69 Å². The van der Waals surface area contributed by atoms with Crippen LogP contribution in [0.3, 0.4) is 0 Å². The molecule has 0 spiro atoms. The maximum atomic E-state index is 12.9. The number of hydrogen-bond acceptors (Lipinski definition) is 5. The average Bonchev–Trinajstić information content (AvgIpc) is 3.28. The van der Waals surface area contributed by atoms with Crippen molar-refractivity contribution < 1.29 is 4.79 Å². The fraction of sp³-hybridized carbons (Fsp3) is 0.308. The number of amides is 1. The van der Waals surface area contributed by atoms with Gasteiger partial charge in [0.15, 0.2) is 5.65 Å². The van der Waals surface area contributed by atoms with Crippen molar-refractivity contribution in [2.75, 3.05) is 31.1 Å². The molecule has 2 aromatic carbocycles. The molecule has 0 N–H and O–H groups in total. The second-order valence-electron chi connectivity index (χ2n) is 8.49. The summed E-state index contributed by atoms with van der Waals surface area (Å²) in [4.78, 5) is 26.9. The fourth-order valence-corrected chi connectivity index (χ4v) is 4.27. The molecule has 0 radical (unpaired) electrons. The molecule has 1 aliphatic heterocycles. The standard InChI is InChI=1S/C26H28N6O/c1-3-7-23-28-24(22-18-27-32(25(22)29-23)21-8-5-4-6-9-21)30-14-16-31(17-15-30)26(33)20-12-10-19(2)11-13-20/h4-6,8-13,18H,3,7,14-17H2,1-2H3. The van der Waals surface area contributed by atoms with Gasteiger partial charge in [-0.3, -0.25) is 4.79 Å². The molecule has 3 heterocycles. The number of fused-ring (bicyclic) bond motifs is 1. The number of carbonyl (C=O) groups excluding carboxylic acids is 1. The fourth-order valence-electron chi connectivity index (χ4n) is 4.27. The molecule has 1 fully saturated rings. The Balaban J connectivity index is 1.42. The molecule has 0 unspecified atom stereocenters. The molecule has 5 rings (SSSR count). The third kappa shape index (κ3) is 4.18. The largest absolute Gasteiger partial charge is 0.352 e. The van der Waals surface area contributed by atoms with Crippen LogP contribution >= 0.6 is 0 Å². The van der Waals surface area contributed by atoms with E-state index in [-0.39, 0.29) is 5.91 Å². The molecule has 1 amide bonds. The van der Waals surface area contributed by atoms with Gasteiger partial charge in [0, 0.05) is 38.2 Å². The van der Waals surface area contributed by atoms with Crippen LogP contribution in [0.4, 0.5) is 5.82 Å². The number of rotatable bonds is 5. The lowest BCUT2D eigenvalue weighted by molar-refractivity contribution is 0.0746. The van der Waals surface area contributed by atoms with E-state index in [2.05, 4.69) is 16.9 Å². The monoisotopic (exact) mass is 440 g/mol. The van der Waals surface area contributed by atoms with Crippen LogP contribution in [0.25, 0.3) is 16.7 Å². The van der Waals surface area contributed by atoms with Gasteiger partial charge in [-0.1, -0.05) is 42.8 Å². The van der Waals surface area contributed by atoms with Gasteiger partial charge in [-0.15, -0.1) is 0 Å². The lowest BCUT2D eigenvalue weighted by Gasteiger charge is -2.35. The molecular formula is C26H28N6O. The van der Waals surface area contributed by atoms with Crippen LogP contribution in [0, 0.1) is 6.92 Å². The number of aromatic nitrogens is 4. The molecule has 0 bridgehead atoms. The molecule has 168 valence electrons. The van der Waals surface area contributed by atoms with Crippen LogP contribution in [-0.4, -0.2) is 56.7 Å². The number of nitrogens with zero attached hydrogens (tertiary/aromatic N) is 6. The Morgan fingerprint density at radius 1 is 0.939 bits per heavy atom. The van der Waals surface area contributed by atoms with Crippen molar-refractivity contribution in [3.05, 3.63) is 77.7 Å². The van der Waals surface area contributed by atoms with Gasteiger partial charge in [0.05, 0.1) is 17.3 Å². The zero-order valence-electron chi connectivity index (χ0n) is 19.1. The topological polar surface area (TPSA) is 67.2 Å². The number of anilines is 1. The first-order valence-electron chi connectivity index (χ1n) is 11.5. The summed E-state index contributed by atoms with van der Waals surface area (Å²) in [7, 11) is 0. The molecule has 1 saturated heterocycles. The molecule has 7 nitrogen and oxygen atoms in total. The van der Waals surface area contributed by atoms with E-state index in [0.717, 1.165) is 65.4 Å². The predicted molar refractivity (Wildman–Crippen MR) is 130 cm³/mol. The van der Waals surface area contributed by atoms with Gasteiger partial charge in [-0.2, -0.15) is 5.10 Å². The Hall–Kier alpha value is -3.74. The maximum Gasteiger partial charge on any atom is 0.253 e. The van der Waals surface area contributed by atoms with E-state index in [4.69, 9.17) is 9.97 Å². The van der Waals surface area contributed by atoms with Gasteiger partial charge in [0.25, 0.3) is 5.91 Å². The molecule has 7 heteroatoms. The molecular weight excluding hydrogens is 412 g/mol. The first-order chi connectivity index (χ1) is 16.1. The van der Waals surface area contributed by atoms with Crippen molar-refractivity contribution in [1.82, 2.24) is 24.6 Å². The summed E-state index contributed by atoms with van der Waals surface area (Å²) in [6.45, 7) is 6.94. The summed E-state index contributed by atoms with van der Waals surface area (Å²) < 4.78 is 1.89. The van der Waals surface area contributed by atoms with Crippen LogP contribution < -0.4 is 4.90 Å². The molecule has 0 saturated carbocycles. The highest BCUT2D eigenvalue weighted by molar-refractivity contribution is 5.94. The third-order valence-electron chi connectivity index (χ3n) is 6.09. The normalized spacial score (nSPS) is 14.1. The SMILES string of the molecule is CCCc1nc(N2CCN(C(=O)c3ccc(C)cc3)CC2)c2cnn(-c3ccccc3)c2n1. The Morgan fingerprint density at radius 2 is 1.67 bits per heavy atom. The van der Waals surface area contributed by atoms with E-state index in [1.807, 2.05) is 77.3 Å². The number of aryl methyl sites for hydroxylation is 2. The molecule has 1 aliphatic rings. The summed E-state index contributed by atoms with van der Waals surface area (Å²) in [5, 5.41) is 5.58. The van der Waals surface area contributed by atoms with Crippen LogP contribution in [0.1, 0.15) is 35.1 Å². The van der Waals surface area contributed by atoms with Crippen molar-refractivity contribution in [2.24, 2.45) is 0 Å². The average molecular weight is 441 g/mol. The first kappa shape index (κ1) is 21.1. The lowest BCUT2D eigenvalue weighted by Crippen LogP contribution is -2.49. The minimum Gasteiger partial charge on any atom is -0.352 e. The zero-order valence-corrected chi connectivity index (χ0v) is 19.1. The van der Waals surface area contributed by atoms with Crippen molar-refractivity contribution in [3.63, 3.8) is 0 Å². The van der Waals surface area contributed by atoms with Gasteiger partial charge in [0.2, 0.25) is 0 Å². The Labute approximate surface area is 193 Å². The van der Waals surface area contributed by atoms with E-state index < -0.39 is 0 Å². The van der Waals surface area contributed by atoms with Gasteiger partial charge < -0.3 is 9.80 Å².